The number of benzene rings is 2. The minimum Gasteiger partial charge on any atom is -0.546 e. The van der Waals surface area contributed by atoms with Crippen LogP contribution >= 0.6 is 0 Å². The number of nitrogens with one attached hydrogen (secondary N) is 1. The predicted octanol–water partition coefficient (Wildman–Crippen LogP) is 0.624. The average molecular weight is 365 g/mol. The minimum atomic E-state index is -1.29. The van der Waals surface area contributed by atoms with Crippen LogP contribution in [-0.2, 0) is 16.1 Å². The highest BCUT2D eigenvalue weighted by molar-refractivity contribution is 5.84. The number of carbonyl (C=O) groups is 2. The number of nitrogens with zero attached hydrogens (tertiary/aromatic N) is 3. The number of imidazole rings is 1. The van der Waals surface area contributed by atoms with Gasteiger partial charge in [-0.1, -0.05) is 12.1 Å². The monoisotopic (exact) mass is 365 g/mol. The fraction of sp³-hybridized carbons (Fsp3) is 0.158. The zero-order valence-electron chi connectivity index (χ0n) is 14.6. The first-order valence-electron chi connectivity index (χ1n) is 8.19. The van der Waals surface area contributed by atoms with Crippen molar-refractivity contribution in [3.63, 3.8) is 0 Å². The Morgan fingerprint density at radius 2 is 1.96 bits per heavy atom. The van der Waals surface area contributed by atoms with Gasteiger partial charge in [0.25, 0.3) is 5.91 Å². The SMILES string of the molecule is Cc1nc2ccccc2n1CC(=O)N/N=C\c1ccc(OCC(=O)[O-])cc1. The molecule has 0 saturated heterocycles. The quantitative estimate of drug-likeness (QED) is 0.488. The fourth-order valence-electron chi connectivity index (χ4n) is 2.55. The van der Waals surface area contributed by atoms with E-state index in [9.17, 15) is 14.7 Å². The first kappa shape index (κ1) is 18.1. The Morgan fingerprint density at radius 1 is 1.22 bits per heavy atom. The van der Waals surface area contributed by atoms with Crippen molar-refractivity contribution in [1.82, 2.24) is 15.0 Å². The zero-order valence-corrected chi connectivity index (χ0v) is 14.6. The second-order valence-corrected chi connectivity index (χ2v) is 5.76. The number of carboxylic acids is 1. The topological polar surface area (TPSA) is 109 Å². The Balaban J connectivity index is 1.57. The van der Waals surface area contributed by atoms with Gasteiger partial charge in [0.1, 0.15) is 24.7 Å². The van der Waals surface area contributed by atoms with Crippen LogP contribution < -0.4 is 15.3 Å². The summed E-state index contributed by atoms with van der Waals surface area (Å²) >= 11 is 0. The van der Waals surface area contributed by atoms with Gasteiger partial charge in [-0.05, 0) is 48.9 Å². The van der Waals surface area contributed by atoms with Crippen molar-refractivity contribution in [2.24, 2.45) is 5.10 Å². The highest BCUT2D eigenvalue weighted by atomic mass is 16.5. The van der Waals surface area contributed by atoms with Gasteiger partial charge in [-0.25, -0.2) is 10.4 Å². The molecule has 138 valence electrons. The van der Waals surface area contributed by atoms with E-state index in [1.807, 2.05) is 35.8 Å². The summed E-state index contributed by atoms with van der Waals surface area (Å²) in [6.45, 7) is 1.45. The summed E-state index contributed by atoms with van der Waals surface area (Å²) in [5.41, 5.74) is 4.93. The van der Waals surface area contributed by atoms with Gasteiger partial charge in [0.05, 0.1) is 23.2 Å². The lowest BCUT2D eigenvalue weighted by molar-refractivity contribution is -0.307. The molecular weight excluding hydrogens is 348 g/mol. The lowest BCUT2D eigenvalue weighted by Crippen LogP contribution is -2.28. The molecule has 1 aromatic heterocycles. The van der Waals surface area contributed by atoms with Gasteiger partial charge in [0.15, 0.2) is 0 Å². The van der Waals surface area contributed by atoms with Crippen LogP contribution in [0.15, 0.2) is 53.6 Å². The molecular formula is C19H17N4O4-. The molecule has 3 aromatic rings. The van der Waals surface area contributed by atoms with Gasteiger partial charge >= 0.3 is 0 Å². The van der Waals surface area contributed by atoms with E-state index in [1.54, 1.807) is 24.3 Å². The number of aromatic nitrogens is 2. The molecule has 0 bridgehead atoms. The van der Waals surface area contributed by atoms with E-state index >= 15 is 0 Å². The fourth-order valence-corrected chi connectivity index (χ4v) is 2.55. The third-order valence-electron chi connectivity index (χ3n) is 3.79. The van der Waals surface area contributed by atoms with E-state index in [4.69, 9.17) is 4.74 Å². The third kappa shape index (κ3) is 4.69. The molecule has 0 aliphatic heterocycles. The number of hydrogen-bond acceptors (Lipinski definition) is 6. The Labute approximate surface area is 155 Å². The number of aliphatic carboxylic acids is 1. The summed E-state index contributed by atoms with van der Waals surface area (Å²) < 4.78 is 6.81. The molecule has 2 aromatic carbocycles. The van der Waals surface area contributed by atoms with Crippen molar-refractivity contribution < 1.29 is 19.4 Å². The average Bonchev–Trinajstić information content (AvgIpc) is 2.96. The third-order valence-corrected chi connectivity index (χ3v) is 3.79. The van der Waals surface area contributed by atoms with Crippen LogP contribution in [-0.4, -0.2) is 34.2 Å². The van der Waals surface area contributed by atoms with Crippen LogP contribution in [0, 0.1) is 6.92 Å². The van der Waals surface area contributed by atoms with Crippen molar-refractivity contribution in [3.05, 3.63) is 59.9 Å². The summed E-state index contributed by atoms with van der Waals surface area (Å²) in [6, 6.07) is 14.2. The summed E-state index contributed by atoms with van der Waals surface area (Å²) in [5.74, 6) is -0.402. The Bertz CT molecular complexity index is 993. The highest BCUT2D eigenvalue weighted by Gasteiger charge is 2.09. The molecule has 0 unspecified atom stereocenters. The van der Waals surface area contributed by atoms with E-state index in [0.717, 1.165) is 22.4 Å². The Hall–Kier alpha value is -3.68. The molecule has 1 heterocycles. The van der Waals surface area contributed by atoms with E-state index in [0.29, 0.717) is 5.75 Å². The van der Waals surface area contributed by atoms with Crippen molar-refractivity contribution in [2.45, 2.75) is 13.5 Å². The molecule has 0 aliphatic rings. The molecule has 3 rings (SSSR count). The molecule has 27 heavy (non-hydrogen) atoms. The van der Waals surface area contributed by atoms with Gasteiger partial charge in [-0.2, -0.15) is 5.10 Å². The maximum atomic E-state index is 12.1. The summed E-state index contributed by atoms with van der Waals surface area (Å²) in [5, 5.41) is 14.3. The molecule has 1 amide bonds. The number of carboxylic acid groups (broad SMARTS) is 1. The molecule has 0 spiro atoms. The van der Waals surface area contributed by atoms with Crippen LogP contribution in [0.4, 0.5) is 0 Å². The molecule has 0 aliphatic carbocycles. The molecule has 0 fully saturated rings. The van der Waals surface area contributed by atoms with Crippen molar-refractivity contribution in [3.8, 4) is 5.75 Å². The van der Waals surface area contributed by atoms with Gasteiger partial charge in [-0.3, -0.25) is 4.79 Å². The van der Waals surface area contributed by atoms with E-state index in [-0.39, 0.29) is 12.5 Å². The summed E-state index contributed by atoms with van der Waals surface area (Å²) in [6.07, 6.45) is 1.49. The lowest BCUT2D eigenvalue weighted by atomic mass is 10.2. The number of aryl methyl sites for hydroxylation is 1. The number of hydrazone groups is 1. The maximum absolute atomic E-state index is 12.1. The van der Waals surface area contributed by atoms with Crippen molar-refractivity contribution in [2.75, 3.05) is 6.61 Å². The van der Waals surface area contributed by atoms with E-state index in [1.165, 1.54) is 6.21 Å². The normalized spacial score (nSPS) is 11.0. The predicted molar refractivity (Wildman–Crippen MR) is 97.2 cm³/mol. The maximum Gasteiger partial charge on any atom is 0.260 e. The van der Waals surface area contributed by atoms with Crippen LogP contribution in [0.5, 0.6) is 5.75 Å². The van der Waals surface area contributed by atoms with Crippen LogP contribution in [0.1, 0.15) is 11.4 Å². The number of rotatable bonds is 7. The van der Waals surface area contributed by atoms with Crippen molar-refractivity contribution in [1.29, 1.82) is 0 Å². The molecule has 0 saturated carbocycles. The summed E-state index contributed by atoms with van der Waals surface area (Å²) in [4.78, 5) is 26.9. The van der Waals surface area contributed by atoms with Gasteiger partial charge in [0.2, 0.25) is 0 Å². The van der Waals surface area contributed by atoms with E-state index < -0.39 is 12.6 Å². The van der Waals surface area contributed by atoms with Crippen LogP contribution in [0.25, 0.3) is 11.0 Å². The van der Waals surface area contributed by atoms with Gasteiger partial charge < -0.3 is 19.2 Å². The van der Waals surface area contributed by atoms with Crippen molar-refractivity contribution >= 4 is 29.1 Å². The van der Waals surface area contributed by atoms with Crippen LogP contribution in [0.3, 0.4) is 0 Å². The smallest absolute Gasteiger partial charge is 0.260 e. The number of ether oxygens (including phenoxy) is 1. The van der Waals surface area contributed by atoms with Crippen LogP contribution in [0.2, 0.25) is 0 Å². The first-order valence-corrected chi connectivity index (χ1v) is 8.19. The second kappa shape index (κ2) is 8.13. The lowest BCUT2D eigenvalue weighted by Gasteiger charge is -2.06. The number of para-hydroxylation sites is 2. The second-order valence-electron chi connectivity index (χ2n) is 5.76. The Kier molecular flexibility index (Phi) is 5.46. The largest absolute Gasteiger partial charge is 0.546 e. The first-order chi connectivity index (χ1) is 13.0. The van der Waals surface area contributed by atoms with E-state index in [2.05, 4.69) is 15.5 Å². The van der Waals surface area contributed by atoms with Gasteiger partial charge in [0, 0.05) is 0 Å². The molecule has 8 nitrogen and oxygen atoms in total. The number of fused-ring (bicyclic) bond motifs is 1. The number of hydrogen-bond donors (Lipinski definition) is 1. The standard InChI is InChI=1S/C19H18N4O4/c1-13-21-16-4-2-3-5-17(16)23(13)11-18(24)22-20-10-14-6-8-15(9-7-14)27-12-19(25)26/h2-10H,11-12H2,1H3,(H,22,24)(H,25,26)/p-1/b20-10-. The molecule has 8 heteroatoms. The highest BCUT2D eigenvalue weighted by Crippen LogP contribution is 2.15. The Morgan fingerprint density at radius 3 is 2.70 bits per heavy atom. The van der Waals surface area contributed by atoms with Gasteiger partial charge in [-0.15, -0.1) is 0 Å². The number of amides is 1. The zero-order chi connectivity index (χ0) is 19.2. The molecule has 1 N–H and O–H groups in total. The summed E-state index contributed by atoms with van der Waals surface area (Å²) in [7, 11) is 0. The molecule has 0 radical (unpaired) electrons. The minimum absolute atomic E-state index is 0.111. The molecule has 0 atom stereocenters. The number of carbonyl (C=O) groups excluding carboxylic acids is 2.